The molecule has 0 saturated heterocycles. The van der Waals surface area contributed by atoms with Crippen LogP contribution < -0.4 is 10.6 Å². The van der Waals surface area contributed by atoms with Gasteiger partial charge in [0.2, 0.25) is 0 Å². The Hall–Kier alpha value is -2.64. The second-order valence-corrected chi connectivity index (χ2v) is 5.40. The third kappa shape index (κ3) is 7.83. The van der Waals surface area contributed by atoms with E-state index in [-0.39, 0.29) is 11.5 Å². The van der Waals surface area contributed by atoms with Crippen LogP contribution in [0, 0.1) is 0 Å². The summed E-state index contributed by atoms with van der Waals surface area (Å²) < 4.78 is 5.08. The van der Waals surface area contributed by atoms with Crippen molar-refractivity contribution in [3.8, 4) is 0 Å². The fourth-order valence-electron chi connectivity index (χ4n) is 1.32. The van der Waals surface area contributed by atoms with Gasteiger partial charge in [-0.05, 0) is 53.0 Å². The van der Waals surface area contributed by atoms with Gasteiger partial charge in [-0.2, -0.15) is 0 Å². The van der Waals surface area contributed by atoms with Crippen molar-refractivity contribution in [1.82, 2.24) is 10.6 Å². The van der Waals surface area contributed by atoms with E-state index in [0.29, 0.717) is 5.57 Å². The van der Waals surface area contributed by atoms with Gasteiger partial charge in [0, 0.05) is 5.70 Å². The van der Waals surface area contributed by atoms with Crippen molar-refractivity contribution in [2.75, 3.05) is 0 Å². The van der Waals surface area contributed by atoms with Crippen molar-refractivity contribution < 1.29 is 24.2 Å². The zero-order chi connectivity index (χ0) is 17.5. The fourth-order valence-corrected chi connectivity index (χ4v) is 1.32. The first-order valence-corrected chi connectivity index (χ1v) is 6.36. The van der Waals surface area contributed by atoms with E-state index in [9.17, 15) is 14.4 Å². The minimum Gasteiger partial charge on any atom is -0.474 e. The lowest BCUT2D eigenvalue weighted by Gasteiger charge is -2.20. The number of aliphatic imine (C=N–C) groups is 1. The highest BCUT2D eigenvalue weighted by Crippen LogP contribution is 2.10. The first-order valence-electron chi connectivity index (χ1n) is 6.36. The SMILES string of the molecule is C=N/C(NC(=O)OC(C)(C)C)=C(C)\C=C(/C)NC(=O)C(=O)O. The Morgan fingerprint density at radius 2 is 1.73 bits per heavy atom. The number of carboxylic acids is 1. The molecule has 8 heteroatoms. The van der Waals surface area contributed by atoms with Crippen molar-refractivity contribution in [2.24, 2.45) is 4.99 Å². The van der Waals surface area contributed by atoms with Crippen LogP contribution in [0.1, 0.15) is 34.6 Å². The molecule has 8 nitrogen and oxygen atoms in total. The fraction of sp³-hybridized carbons (Fsp3) is 0.429. The quantitative estimate of drug-likeness (QED) is 0.413. The third-order valence-electron chi connectivity index (χ3n) is 2.09. The molecule has 0 saturated carbocycles. The van der Waals surface area contributed by atoms with Gasteiger partial charge >= 0.3 is 18.0 Å². The second kappa shape index (κ2) is 7.96. The van der Waals surface area contributed by atoms with Gasteiger partial charge in [-0.1, -0.05) is 0 Å². The van der Waals surface area contributed by atoms with Crippen molar-refractivity contribution in [3.05, 3.63) is 23.2 Å². The molecule has 0 fully saturated rings. The van der Waals surface area contributed by atoms with Crippen LogP contribution in [-0.4, -0.2) is 35.4 Å². The van der Waals surface area contributed by atoms with Gasteiger partial charge in [0.05, 0.1) is 0 Å². The van der Waals surface area contributed by atoms with Crippen LogP contribution in [-0.2, 0) is 14.3 Å². The summed E-state index contributed by atoms with van der Waals surface area (Å²) in [5.74, 6) is -2.61. The van der Waals surface area contributed by atoms with Crippen molar-refractivity contribution >= 4 is 24.7 Å². The van der Waals surface area contributed by atoms with E-state index in [1.165, 1.54) is 13.0 Å². The molecule has 0 unspecified atom stereocenters. The number of carboxylic acid groups (broad SMARTS) is 1. The zero-order valence-electron chi connectivity index (χ0n) is 13.3. The molecular formula is C14H21N3O5. The number of rotatable bonds is 4. The Balaban J connectivity index is 5.05. The van der Waals surface area contributed by atoms with Crippen LogP contribution in [0.3, 0.4) is 0 Å². The summed E-state index contributed by atoms with van der Waals surface area (Å²) in [7, 11) is 0. The van der Waals surface area contributed by atoms with Gasteiger partial charge in [-0.3, -0.25) is 10.1 Å². The van der Waals surface area contributed by atoms with Crippen molar-refractivity contribution in [1.29, 1.82) is 0 Å². The maximum absolute atomic E-state index is 11.7. The lowest BCUT2D eigenvalue weighted by Crippen LogP contribution is -2.32. The molecule has 22 heavy (non-hydrogen) atoms. The summed E-state index contributed by atoms with van der Waals surface area (Å²) in [6.45, 7) is 11.6. The van der Waals surface area contributed by atoms with Crippen LogP contribution in [0.2, 0.25) is 0 Å². The normalized spacial score (nSPS) is 12.9. The Morgan fingerprint density at radius 1 is 1.18 bits per heavy atom. The Kier molecular flexibility index (Phi) is 7.01. The predicted octanol–water partition coefficient (Wildman–Crippen LogP) is 1.55. The number of nitrogens with zero attached hydrogens (tertiary/aromatic N) is 1. The average molecular weight is 311 g/mol. The molecule has 0 aromatic heterocycles. The molecule has 0 atom stereocenters. The Bertz CT molecular complexity index is 541. The standard InChI is InChI=1S/C14H21N3O5/c1-8(7-9(2)16-11(18)12(19)20)10(15-6)17-13(21)22-14(3,4)5/h7H,6H2,1-5H3,(H,16,18)(H,17,21)(H,19,20)/b9-7+,10-8+. The highest BCUT2D eigenvalue weighted by atomic mass is 16.6. The van der Waals surface area contributed by atoms with Crippen LogP contribution in [0.5, 0.6) is 0 Å². The van der Waals surface area contributed by atoms with Crippen LogP contribution in [0.15, 0.2) is 28.2 Å². The summed E-state index contributed by atoms with van der Waals surface area (Å²) in [6.07, 6.45) is 0.747. The monoisotopic (exact) mass is 311 g/mol. The number of hydrogen-bond donors (Lipinski definition) is 3. The molecule has 0 rings (SSSR count). The highest BCUT2D eigenvalue weighted by Gasteiger charge is 2.17. The van der Waals surface area contributed by atoms with E-state index in [4.69, 9.17) is 9.84 Å². The lowest BCUT2D eigenvalue weighted by atomic mass is 10.2. The van der Waals surface area contributed by atoms with E-state index < -0.39 is 23.6 Å². The van der Waals surface area contributed by atoms with Crippen molar-refractivity contribution in [3.63, 3.8) is 0 Å². The lowest BCUT2D eigenvalue weighted by molar-refractivity contribution is -0.149. The number of hydrogen-bond acceptors (Lipinski definition) is 5. The molecule has 0 heterocycles. The van der Waals surface area contributed by atoms with Gasteiger partial charge < -0.3 is 15.2 Å². The molecule has 2 amide bonds. The summed E-state index contributed by atoms with van der Waals surface area (Å²) in [5.41, 5.74) is 0.0759. The smallest absolute Gasteiger partial charge is 0.413 e. The zero-order valence-corrected chi connectivity index (χ0v) is 13.3. The number of allylic oxidation sites excluding steroid dienone is 3. The number of amides is 2. The molecular weight excluding hydrogens is 290 g/mol. The van der Waals surface area contributed by atoms with Crippen LogP contribution >= 0.6 is 0 Å². The number of aliphatic carboxylic acids is 1. The topological polar surface area (TPSA) is 117 Å². The van der Waals surface area contributed by atoms with E-state index in [1.54, 1.807) is 27.7 Å². The number of nitrogens with one attached hydrogen (secondary N) is 2. The maximum Gasteiger partial charge on any atom is 0.413 e. The molecule has 0 bridgehead atoms. The molecule has 0 aromatic rings. The molecule has 3 N–H and O–H groups in total. The van der Waals surface area contributed by atoms with Gasteiger partial charge in [0.15, 0.2) is 0 Å². The number of carbonyl (C=O) groups is 3. The summed E-state index contributed by atoms with van der Waals surface area (Å²) in [4.78, 5) is 36.8. The molecule has 0 aliphatic rings. The van der Waals surface area contributed by atoms with E-state index in [0.717, 1.165) is 0 Å². The van der Waals surface area contributed by atoms with E-state index in [2.05, 4.69) is 22.3 Å². The first-order chi connectivity index (χ1) is 9.96. The largest absolute Gasteiger partial charge is 0.474 e. The molecule has 122 valence electrons. The first kappa shape index (κ1) is 19.4. The molecule has 0 aromatic carbocycles. The van der Waals surface area contributed by atoms with Crippen LogP contribution in [0.4, 0.5) is 4.79 Å². The summed E-state index contributed by atoms with van der Waals surface area (Å²) in [5, 5.41) is 13.1. The minimum atomic E-state index is -1.59. The number of ether oxygens (including phenoxy) is 1. The van der Waals surface area contributed by atoms with E-state index in [1.807, 2.05) is 0 Å². The summed E-state index contributed by atoms with van der Waals surface area (Å²) >= 11 is 0. The third-order valence-corrected chi connectivity index (χ3v) is 2.09. The van der Waals surface area contributed by atoms with Gasteiger partial charge in [-0.25, -0.2) is 14.6 Å². The molecule has 0 spiro atoms. The maximum atomic E-state index is 11.7. The van der Waals surface area contributed by atoms with E-state index >= 15 is 0 Å². The molecule has 0 aliphatic heterocycles. The number of carbonyl (C=O) groups excluding carboxylic acids is 2. The average Bonchev–Trinajstić information content (AvgIpc) is 2.32. The van der Waals surface area contributed by atoms with Gasteiger partial charge in [0.1, 0.15) is 11.4 Å². The minimum absolute atomic E-state index is 0.137. The Morgan fingerprint density at radius 3 is 2.14 bits per heavy atom. The van der Waals surface area contributed by atoms with Gasteiger partial charge in [0.25, 0.3) is 0 Å². The number of alkyl carbamates (subject to hydrolysis) is 1. The van der Waals surface area contributed by atoms with Crippen LogP contribution in [0.25, 0.3) is 0 Å². The van der Waals surface area contributed by atoms with Gasteiger partial charge in [-0.15, -0.1) is 0 Å². The van der Waals surface area contributed by atoms with Crippen molar-refractivity contribution in [2.45, 2.75) is 40.2 Å². The second-order valence-electron chi connectivity index (χ2n) is 5.40. The Labute approximate surface area is 128 Å². The summed E-state index contributed by atoms with van der Waals surface area (Å²) in [6, 6.07) is 0. The predicted molar refractivity (Wildman–Crippen MR) is 81.2 cm³/mol. The highest BCUT2D eigenvalue weighted by molar-refractivity contribution is 6.31. The molecule has 0 radical (unpaired) electrons. The molecule has 0 aliphatic carbocycles.